The van der Waals surface area contributed by atoms with E-state index in [1.165, 1.54) is 11.0 Å². The number of carbonyl (C=O) groups excluding carboxylic acids is 4. The van der Waals surface area contributed by atoms with E-state index in [9.17, 15) is 28.8 Å². The van der Waals surface area contributed by atoms with Gasteiger partial charge in [0, 0.05) is 24.2 Å². The van der Waals surface area contributed by atoms with Crippen molar-refractivity contribution in [2.24, 2.45) is 5.41 Å². The molecule has 40 heavy (non-hydrogen) atoms. The SMILES string of the molecule is CC(C)(C)C[C@H](NC(=O)C(=O)NC1(c2ccccc2F)CC1)C(=O)N1C[C@]2(CC1C#N)C(=O)Nc1ccccc12. The average Bonchev–Trinajstić information content (AvgIpc) is 3.48. The van der Waals surface area contributed by atoms with Gasteiger partial charge < -0.3 is 20.9 Å². The third kappa shape index (κ3) is 4.81. The summed E-state index contributed by atoms with van der Waals surface area (Å²) in [6.45, 7) is 5.66. The lowest BCUT2D eigenvalue weighted by molar-refractivity contribution is -0.143. The Hall–Kier alpha value is -4.26. The molecule has 9 nitrogen and oxygen atoms in total. The highest BCUT2D eigenvalue weighted by Crippen LogP contribution is 2.47. The van der Waals surface area contributed by atoms with Crippen molar-refractivity contribution in [3.05, 3.63) is 65.5 Å². The highest BCUT2D eigenvalue weighted by atomic mass is 19.1. The highest BCUT2D eigenvalue weighted by molar-refractivity contribution is 6.35. The molecule has 3 aliphatic rings. The van der Waals surface area contributed by atoms with Crippen LogP contribution in [-0.2, 0) is 30.1 Å². The molecule has 1 spiro atoms. The molecule has 10 heteroatoms. The summed E-state index contributed by atoms with van der Waals surface area (Å²) in [5.41, 5.74) is -0.759. The van der Waals surface area contributed by atoms with Gasteiger partial charge in [0.25, 0.3) is 0 Å². The number of amides is 4. The maximum atomic E-state index is 14.4. The number of halogens is 1. The fourth-order valence-electron chi connectivity index (χ4n) is 5.93. The number of fused-ring (bicyclic) bond motifs is 2. The van der Waals surface area contributed by atoms with E-state index in [0.717, 1.165) is 5.56 Å². The van der Waals surface area contributed by atoms with Crippen LogP contribution < -0.4 is 16.0 Å². The van der Waals surface area contributed by atoms with Gasteiger partial charge in [-0.05, 0) is 42.4 Å². The zero-order chi connectivity index (χ0) is 28.9. The lowest BCUT2D eigenvalue weighted by atomic mass is 9.80. The van der Waals surface area contributed by atoms with Crippen molar-refractivity contribution in [1.29, 1.82) is 5.26 Å². The predicted molar refractivity (Wildman–Crippen MR) is 144 cm³/mol. The number of nitrogens with zero attached hydrogens (tertiary/aromatic N) is 2. The van der Waals surface area contributed by atoms with Crippen LogP contribution in [-0.4, -0.2) is 47.2 Å². The molecule has 0 bridgehead atoms. The van der Waals surface area contributed by atoms with E-state index in [0.29, 0.717) is 24.1 Å². The summed E-state index contributed by atoms with van der Waals surface area (Å²) in [4.78, 5) is 54.4. The normalized spacial score (nSPS) is 23.1. The molecule has 0 radical (unpaired) electrons. The molecule has 208 valence electrons. The van der Waals surface area contributed by atoms with Crippen LogP contribution in [0, 0.1) is 22.6 Å². The highest BCUT2D eigenvalue weighted by Gasteiger charge is 2.56. The largest absolute Gasteiger partial charge is 0.338 e. The molecule has 2 aliphatic heterocycles. The molecule has 1 saturated carbocycles. The van der Waals surface area contributed by atoms with Gasteiger partial charge in [-0.25, -0.2) is 4.39 Å². The summed E-state index contributed by atoms with van der Waals surface area (Å²) in [6.07, 6.45) is 1.29. The van der Waals surface area contributed by atoms with Gasteiger partial charge in [0.05, 0.1) is 17.0 Å². The number of nitriles is 1. The van der Waals surface area contributed by atoms with Gasteiger partial charge in [-0.3, -0.25) is 19.2 Å². The lowest BCUT2D eigenvalue weighted by Gasteiger charge is -2.31. The summed E-state index contributed by atoms with van der Waals surface area (Å²) in [5.74, 6) is -3.26. The summed E-state index contributed by atoms with van der Waals surface area (Å²) in [7, 11) is 0. The maximum absolute atomic E-state index is 14.4. The van der Waals surface area contributed by atoms with E-state index in [-0.39, 0.29) is 25.3 Å². The first-order valence-corrected chi connectivity index (χ1v) is 13.4. The van der Waals surface area contributed by atoms with E-state index in [4.69, 9.17) is 0 Å². The summed E-state index contributed by atoms with van der Waals surface area (Å²) < 4.78 is 14.4. The minimum atomic E-state index is -1.12. The van der Waals surface area contributed by atoms with Crippen molar-refractivity contribution in [1.82, 2.24) is 15.5 Å². The number of carbonyl (C=O) groups is 4. The number of nitrogens with one attached hydrogen (secondary N) is 3. The Morgan fingerprint density at radius 1 is 1.10 bits per heavy atom. The second kappa shape index (κ2) is 9.73. The van der Waals surface area contributed by atoms with Gasteiger partial charge in [-0.2, -0.15) is 5.26 Å². The summed E-state index contributed by atoms with van der Waals surface area (Å²) in [5, 5.41) is 18.0. The average molecular weight is 546 g/mol. The molecule has 2 aromatic rings. The Morgan fingerprint density at radius 3 is 2.38 bits per heavy atom. The van der Waals surface area contributed by atoms with Gasteiger partial charge in [0.15, 0.2) is 0 Å². The number of rotatable bonds is 5. The van der Waals surface area contributed by atoms with Crippen molar-refractivity contribution in [2.75, 3.05) is 11.9 Å². The Bertz CT molecular complexity index is 1440. The number of benzene rings is 2. The van der Waals surface area contributed by atoms with E-state index in [1.54, 1.807) is 30.3 Å². The molecule has 0 aromatic heterocycles. The molecule has 3 N–H and O–H groups in total. The number of hydrogen-bond donors (Lipinski definition) is 3. The lowest BCUT2D eigenvalue weighted by Crippen LogP contribution is -2.55. The van der Waals surface area contributed by atoms with Crippen LogP contribution in [0.5, 0.6) is 0 Å². The van der Waals surface area contributed by atoms with Crippen molar-refractivity contribution in [3.8, 4) is 6.07 Å². The van der Waals surface area contributed by atoms with Gasteiger partial charge in [0.2, 0.25) is 11.8 Å². The Morgan fingerprint density at radius 2 is 1.75 bits per heavy atom. The van der Waals surface area contributed by atoms with E-state index >= 15 is 0 Å². The standard InChI is InChI=1S/C30H32FN5O4/c1-28(2,3)15-23(33-24(37)25(38)35-30(12-13-30)19-8-4-6-10-21(19)31)26(39)36-17-29(14-18(36)16-32)20-9-5-7-11-22(20)34-27(29)40/h4-11,18,23H,12-15,17H2,1-3H3,(H,33,37)(H,34,40)(H,35,38)/t18?,23-,29-/m0/s1. The predicted octanol–water partition coefficient (Wildman–Crippen LogP) is 2.87. The third-order valence-corrected chi connectivity index (χ3v) is 8.03. The minimum Gasteiger partial charge on any atom is -0.338 e. The molecule has 1 saturated heterocycles. The number of para-hydroxylation sites is 1. The molecule has 1 aliphatic carbocycles. The van der Waals surface area contributed by atoms with Crippen LogP contribution in [0.25, 0.3) is 0 Å². The topological polar surface area (TPSA) is 131 Å². The molecule has 2 fully saturated rings. The molecule has 2 heterocycles. The van der Waals surface area contributed by atoms with Crippen molar-refractivity contribution in [3.63, 3.8) is 0 Å². The molecule has 3 atom stereocenters. The van der Waals surface area contributed by atoms with Gasteiger partial charge in [0.1, 0.15) is 17.9 Å². The minimum absolute atomic E-state index is 0.0218. The van der Waals surface area contributed by atoms with Crippen molar-refractivity contribution in [2.45, 2.75) is 69.5 Å². The van der Waals surface area contributed by atoms with Crippen molar-refractivity contribution < 1.29 is 23.6 Å². The fourth-order valence-corrected chi connectivity index (χ4v) is 5.93. The van der Waals surface area contributed by atoms with Crippen LogP contribution in [0.15, 0.2) is 48.5 Å². The monoisotopic (exact) mass is 545 g/mol. The second-order valence-corrected chi connectivity index (χ2v) is 12.2. The van der Waals surface area contributed by atoms with Crippen LogP contribution in [0.2, 0.25) is 0 Å². The van der Waals surface area contributed by atoms with E-state index in [1.807, 2.05) is 32.9 Å². The summed E-state index contributed by atoms with van der Waals surface area (Å²) in [6, 6.07) is 13.4. The smallest absolute Gasteiger partial charge is 0.310 e. The number of anilines is 1. The van der Waals surface area contributed by atoms with Crippen molar-refractivity contribution >= 4 is 29.3 Å². The molecule has 1 unspecified atom stereocenters. The van der Waals surface area contributed by atoms with Crippen LogP contribution in [0.1, 0.15) is 57.6 Å². The number of hydrogen-bond acceptors (Lipinski definition) is 5. The first kappa shape index (κ1) is 27.3. The zero-order valence-corrected chi connectivity index (χ0v) is 22.7. The van der Waals surface area contributed by atoms with Gasteiger partial charge in [-0.1, -0.05) is 57.2 Å². The molecule has 4 amide bonds. The van der Waals surface area contributed by atoms with Crippen LogP contribution in [0.4, 0.5) is 10.1 Å². The van der Waals surface area contributed by atoms with Gasteiger partial charge >= 0.3 is 11.8 Å². The maximum Gasteiger partial charge on any atom is 0.310 e. The van der Waals surface area contributed by atoms with E-state index in [2.05, 4.69) is 22.0 Å². The first-order chi connectivity index (χ1) is 18.9. The Balaban J connectivity index is 1.36. The zero-order valence-electron chi connectivity index (χ0n) is 22.7. The third-order valence-electron chi connectivity index (χ3n) is 8.03. The first-order valence-electron chi connectivity index (χ1n) is 13.4. The summed E-state index contributed by atoms with van der Waals surface area (Å²) >= 11 is 0. The van der Waals surface area contributed by atoms with Crippen LogP contribution in [0.3, 0.4) is 0 Å². The quantitative estimate of drug-likeness (QED) is 0.498. The molecule has 2 aromatic carbocycles. The Kier molecular flexibility index (Phi) is 6.65. The van der Waals surface area contributed by atoms with Crippen LogP contribution >= 0.6 is 0 Å². The number of likely N-dealkylation sites (tertiary alicyclic amines) is 1. The second-order valence-electron chi connectivity index (χ2n) is 12.2. The Labute approximate surface area is 232 Å². The molecular formula is C30H32FN5O4. The fraction of sp³-hybridized carbons (Fsp3) is 0.433. The molecule has 5 rings (SSSR count). The van der Waals surface area contributed by atoms with Gasteiger partial charge in [-0.15, -0.1) is 0 Å². The van der Waals surface area contributed by atoms with E-state index < -0.39 is 52.0 Å². The molecular weight excluding hydrogens is 513 g/mol.